The van der Waals surface area contributed by atoms with Crippen molar-refractivity contribution in [2.45, 2.75) is 37.9 Å². The van der Waals surface area contributed by atoms with Crippen LogP contribution in [-0.4, -0.2) is 25.8 Å². The van der Waals surface area contributed by atoms with Gasteiger partial charge in [0.15, 0.2) is 0 Å². The first-order valence-electron chi connectivity index (χ1n) is 6.86. The molecule has 2 aliphatic heterocycles. The highest BCUT2D eigenvalue weighted by atomic mass is 35.5. The molecule has 1 atom stereocenters. The summed E-state index contributed by atoms with van der Waals surface area (Å²) in [6, 6.07) is 4.04. The Morgan fingerprint density at radius 3 is 2.79 bits per heavy atom. The van der Waals surface area contributed by atoms with Crippen LogP contribution in [0.25, 0.3) is 0 Å². The molecule has 0 bridgehead atoms. The van der Waals surface area contributed by atoms with Crippen LogP contribution in [0.1, 0.15) is 36.5 Å². The molecule has 1 unspecified atom stereocenters. The lowest BCUT2D eigenvalue weighted by Crippen LogP contribution is -2.49. The number of methoxy groups -OCH3 is 1. The van der Waals surface area contributed by atoms with Crippen molar-refractivity contribution in [2.75, 3.05) is 20.2 Å². The van der Waals surface area contributed by atoms with Gasteiger partial charge in [0.05, 0.1) is 6.10 Å². The number of benzene rings is 1. The lowest BCUT2D eigenvalue weighted by atomic mass is 9.82. The Morgan fingerprint density at radius 1 is 1.37 bits per heavy atom. The molecule has 2 aliphatic rings. The quantitative estimate of drug-likeness (QED) is 0.857. The van der Waals surface area contributed by atoms with Gasteiger partial charge in [0.1, 0.15) is 11.4 Å². The van der Waals surface area contributed by atoms with Gasteiger partial charge >= 0.3 is 0 Å². The second kappa shape index (κ2) is 4.97. The maximum Gasteiger partial charge on any atom is 0.126 e. The zero-order chi connectivity index (χ0) is 13.5. The van der Waals surface area contributed by atoms with E-state index in [1.54, 1.807) is 7.11 Å². The van der Waals surface area contributed by atoms with Crippen molar-refractivity contribution in [3.63, 3.8) is 0 Å². The van der Waals surface area contributed by atoms with Crippen molar-refractivity contribution in [3.8, 4) is 5.75 Å². The first kappa shape index (κ1) is 13.2. The Bertz CT molecular complexity index is 483. The first-order chi connectivity index (χ1) is 9.13. The Morgan fingerprint density at radius 2 is 2.11 bits per heavy atom. The van der Waals surface area contributed by atoms with Crippen LogP contribution in [0.5, 0.6) is 5.75 Å². The normalized spacial score (nSPS) is 24.9. The lowest BCUT2D eigenvalue weighted by Gasteiger charge is -2.44. The summed E-state index contributed by atoms with van der Waals surface area (Å²) in [6.45, 7) is 4.04. The number of ether oxygens (including phenoxy) is 2. The summed E-state index contributed by atoms with van der Waals surface area (Å²) >= 11 is 6.22. The third-order valence-corrected chi connectivity index (χ3v) is 4.73. The van der Waals surface area contributed by atoms with Crippen LogP contribution in [0.3, 0.4) is 0 Å². The number of hydrogen-bond acceptors (Lipinski definition) is 3. The smallest absolute Gasteiger partial charge is 0.126 e. The van der Waals surface area contributed by atoms with Crippen molar-refractivity contribution < 1.29 is 9.47 Å². The molecule has 0 aromatic heterocycles. The van der Waals surface area contributed by atoms with E-state index in [1.807, 2.05) is 19.1 Å². The first-order valence-corrected chi connectivity index (χ1v) is 7.24. The maximum atomic E-state index is 6.35. The highest BCUT2D eigenvalue weighted by Crippen LogP contribution is 2.46. The molecular formula is C15H20ClNO2. The highest BCUT2D eigenvalue weighted by molar-refractivity contribution is 6.31. The monoisotopic (exact) mass is 281 g/mol. The fourth-order valence-electron chi connectivity index (χ4n) is 3.13. The van der Waals surface area contributed by atoms with Gasteiger partial charge in [-0.1, -0.05) is 11.6 Å². The minimum Gasteiger partial charge on any atom is -0.487 e. The van der Waals surface area contributed by atoms with E-state index in [9.17, 15) is 0 Å². The van der Waals surface area contributed by atoms with Gasteiger partial charge < -0.3 is 14.8 Å². The van der Waals surface area contributed by atoms with E-state index in [-0.39, 0.29) is 11.7 Å². The van der Waals surface area contributed by atoms with E-state index in [0.29, 0.717) is 0 Å². The molecule has 1 spiro atoms. The molecule has 1 aromatic carbocycles. The van der Waals surface area contributed by atoms with Gasteiger partial charge in [0, 0.05) is 24.1 Å². The Labute approximate surface area is 119 Å². The molecule has 3 rings (SSSR count). The SMILES string of the molecule is COC1CC2(CCNCC2)Oc2cc(C)c(Cl)cc21. The largest absolute Gasteiger partial charge is 0.487 e. The summed E-state index contributed by atoms with van der Waals surface area (Å²) < 4.78 is 12.0. The molecule has 1 aromatic rings. The van der Waals surface area contributed by atoms with E-state index in [1.165, 1.54) is 0 Å². The summed E-state index contributed by atoms with van der Waals surface area (Å²) in [7, 11) is 1.77. The Kier molecular flexibility index (Phi) is 3.46. The molecule has 0 amide bonds. The van der Waals surface area contributed by atoms with E-state index in [4.69, 9.17) is 21.1 Å². The van der Waals surface area contributed by atoms with E-state index < -0.39 is 0 Å². The van der Waals surface area contributed by atoms with Gasteiger partial charge in [0.25, 0.3) is 0 Å². The lowest BCUT2D eigenvalue weighted by molar-refractivity contribution is -0.0479. The highest BCUT2D eigenvalue weighted by Gasteiger charge is 2.42. The predicted molar refractivity (Wildman–Crippen MR) is 76.0 cm³/mol. The van der Waals surface area contributed by atoms with Gasteiger partial charge in [-0.2, -0.15) is 0 Å². The maximum absolute atomic E-state index is 6.35. The molecule has 4 heteroatoms. The van der Waals surface area contributed by atoms with Crippen molar-refractivity contribution >= 4 is 11.6 Å². The number of nitrogens with one attached hydrogen (secondary N) is 1. The average Bonchev–Trinajstić information content (AvgIpc) is 2.41. The van der Waals surface area contributed by atoms with E-state index >= 15 is 0 Å². The standard InChI is InChI=1S/C15H20ClNO2/c1-10-7-13-11(8-12(10)16)14(18-2)9-15(19-13)3-5-17-6-4-15/h7-8,14,17H,3-6,9H2,1-2H3. The Balaban J connectivity index is 2.00. The molecule has 1 saturated heterocycles. The molecule has 0 radical (unpaired) electrons. The van der Waals surface area contributed by atoms with E-state index in [2.05, 4.69) is 5.32 Å². The van der Waals surface area contributed by atoms with Gasteiger partial charge in [-0.05, 0) is 50.6 Å². The van der Waals surface area contributed by atoms with Crippen LogP contribution in [0.4, 0.5) is 0 Å². The number of rotatable bonds is 1. The second-order valence-corrected chi connectivity index (χ2v) is 6.01. The number of piperidine rings is 1. The third kappa shape index (κ3) is 2.35. The zero-order valence-corrected chi connectivity index (χ0v) is 12.2. The summed E-state index contributed by atoms with van der Waals surface area (Å²) in [4.78, 5) is 0. The topological polar surface area (TPSA) is 30.5 Å². The molecular weight excluding hydrogens is 262 g/mol. The van der Waals surface area contributed by atoms with Gasteiger partial charge in [-0.25, -0.2) is 0 Å². The molecule has 1 fully saturated rings. The van der Waals surface area contributed by atoms with Crippen LogP contribution in [0, 0.1) is 6.92 Å². The summed E-state index contributed by atoms with van der Waals surface area (Å²) in [6.07, 6.45) is 3.07. The molecule has 0 aliphatic carbocycles. The van der Waals surface area contributed by atoms with Crippen LogP contribution in [0.15, 0.2) is 12.1 Å². The average molecular weight is 282 g/mol. The van der Waals surface area contributed by atoms with Crippen LogP contribution in [-0.2, 0) is 4.74 Å². The van der Waals surface area contributed by atoms with Crippen molar-refractivity contribution in [2.24, 2.45) is 0 Å². The van der Waals surface area contributed by atoms with Crippen molar-refractivity contribution in [1.29, 1.82) is 0 Å². The summed E-state index contributed by atoms with van der Waals surface area (Å²) in [5.41, 5.74) is 2.07. The molecule has 104 valence electrons. The fraction of sp³-hybridized carbons (Fsp3) is 0.600. The molecule has 2 heterocycles. The number of aryl methyl sites for hydroxylation is 1. The molecule has 0 saturated carbocycles. The van der Waals surface area contributed by atoms with Crippen molar-refractivity contribution in [1.82, 2.24) is 5.32 Å². The van der Waals surface area contributed by atoms with Crippen LogP contribution >= 0.6 is 11.6 Å². The third-order valence-electron chi connectivity index (χ3n) is 4.32. The van der Waals surface area contributed by atoms with Gasteiger partial charge in [-0.3, -0.25) is 0 Å². The fourth-order valence-corrected chi connectivity index (χ4v) is 3.30. The number of fused-ring (bicyclic) bond motifs is 1. The zero-order valence-electron chi connectivity index (χ0n) is 11.5. The molecule has 19 heavy (non-hydrogen) atoms. The minimum absolute atomic E-state index is 0.0702. The summed E-state index contributed by atoms with van der Waals surface area (Å²) in [5, 5.41) is 4.17. The van der Waals surface area contributed by atoms with Gasteiger partial charge in [-0.15, -0.1) is 0 Å². The molecule has 3 nitrogen and oxygen atoms in total. The summed E-state index contributed by atoms with van der Waals surface area (Å²) in [5.74, 6) is 0.946. The predicted octanol–water partition coefficient (Wildman–Crippen LogP) is 3.24. The van der Waals surface area contributed by atoms with Crippen molar-refractivity contribution in [3.05, 3.63) is 28.3 Å². The number of halogens is 1. The second-order valence-electron chi connectivity index (χ2n) is 5.60. The van der Waals surface area contributed by atoms with Crippen LogP contribution < -0.4 is 10.1 Å². The van der Waals surface area contributed by atoms with Gasteiger partial charge in [0.2, 0.25) is 0 Å². The van der Waals surface area contributed by atoms with E-state index in [0.717, 1.165) is 54.3 Å². The Hall–Kier alpha value is -0.770. The molecule has 1 N–H and O–H groups in total. The van der Waals surface area contributed by atoms with Crippen LogP contribution in [0.2, 0.25) is 5.02 Å². The minimum atomic E-state index is -0.0702. The number of hydrogen-bond donors (Lipinski definition) is 1.